The molecule has 0 unspecified atom stereocenters. The molecule has 1 aliphatic carbocycles. The van der Waals surface area contributed by atoms with Gasteiger partial charge in [0.05, 0.1) is 21.6 Å². The molecule has 0 bridgehead atoms. The van der Waals surface area contributed by atoms with Crippen LogP contribution in [-0.2, 0) is 6.42 Å². The Bertz CT molecular complexity index is 1110. The molecule has 0 aromatic heterocycles. The number of benzene rings is 3. The molecule has 128 valence electrons. The quantitative estimate of drug-likeness (QED) is 0.565. The van der Waals surface area contributed by atoms with Gasteiger partial charge in [0.15, 0.2) is 0 Å². The molecule has 0 saturated carbocycles. The van der Waals surface area contributed by atoms with Crippen LogP contribution in [0.1, 0.15) is 11.1 Å². The van der Waals surface area contributed by atoms with Gasteiger partial charge in [-0.2, -0.15) is 5.10 Å². The van der Waals surface area contributed by atoms with E-state index >= 15 is 0 Å². The number of nitrogens with zero attached hydrogens (tertiary/aromatic N) is 3. The van der Waals surface area contributed by atoms with Crippen LogP contribution < -0.4 is 5.43 Å². The highest BCUT2D eigenvalue weighted by molar-refractivity contribution is 6.15. The Kier molecular flexibility index (Phi) is 3.58. The largest absolute Gasteiger partial charge is 0.301 e. The third kappa shape index (κ3) is 2.53. The number of fused-ring (bicyclic) bond motifs is 3. The first-order valence-electron chi connectivity index (χ1n) is 7.81. The number of nitro groups is 2. The number of hydrazone groups is 1. The summed E-state index contributed by atoms with van der Waals surface area (Å²) in [5, 5.41) is 28.5. The van der Waals surface area contributed by atoms with Gasteiger partial charge in [-0.3, -0.25) is 25.7 Å². The molecule has 3 aromatic carbocycles. The van der Waals surface area contributed by atoms with Crippen molar-refractivity contribution in [3.63, 3.8) is 0 Å². The van der Waals surface area contributed by atoms with E-state index in [1.165, 1.54) is 23.1 Å². The van der Waals surface area contributed by atoms with Gasteiger partial charge in [-0.05, 0) is 22.4 Å². The van der Waals surface area contributed by atoms with Crippen molar-refractivity contribution in [3.8, 4) is 0 Å². The fourth-order valence-corrected chi connectivity index (χ4v) is 3.06. The molecule has 8 heteroatoms. The van der Waals surface area contributed by atoms with Crippen LogP contribution in [0.5, 0.6) is 0 Å². The predicted octanol–water partition coefficient (Wildman–Crippen LogP) is 4.03. The van der Waals surface area contributed by atoms with E-state index in [-0.39, 0.29) is 17.1 Å². The highest BCUT2D eigenvalue weighted by Crippen LogP contribution is 2.33. The molecule has 0 spiro atoms. The Hall–Kier alpha value is -3.81. The van der Waals surface area contributed by atoms with Gasteiger partial charge in [-0.15, -0.1) is 0 Å². The van der Waals surface area contributed by atoms with E-state index in [1.807, 2.05) is 30.3 Å². The molecule has 0 aliphatic heterocycles. The minimum atomic E-state index is -0.671. The average molecular weight is 348 g/mol. The standard InChI is InChI=1S/C18H12N4O4/c23-21(24)12-6-8-16(18(9-12)22(25)26)19-20-17-10-15-13-4-2-1-3-11(13)5-7-14(15)17/h1-9,19H,10H2. The fraction of sp³-hybridized carbons (Fsp3) is 0.0556. The Balaban J connectivity index is 1.65. The van der Waals surface area contributed by atoms with Crippen molar-refractivity contribution in [2.24, 2.45) is 5.10 Å². The first-order chi connectivity index (χ1) is 12.5. The summed E-state index contributed by atoms with van der Waals surface area (Å²) in [5.41, 5.74) is 5.05. The lowest BCUT2D eigenvalue weighted by molar-refractivity contribution is -0.393. The van der Waals surface area contributed by atoms with E-state index in [0.717, 1.165) is 22.7 Å². The minimum Gasteiger partial charge on any atom is -0.271 e. The van der Waals surface area contributed by atoms with Crippen LogP contribution in [0.15, 0.2) is 59.7 Å². The molecule has 4 rings (SSSR count). The van der Waals surface area contributed by atoms with Crippen LogP contribution in [0.25, 0.3) is 10.8 Å². The molecular formula is C18H12N4O4. The number of hydrogen-bond donors (Lipinski definition) is 1. The van der Waals surface area contributed by atoms with Gasteiger partial charge in [0.1, 0.15) is 5.69 Å². The predicted molar refractivity (Wildman–Crippen MR) is 97.6 cm³/mol. The van der Waals surface area contributed by atoms with E-state index < -0.39 is 9.85 Å². The number of nitro benzene ring substituents is 2. The molecule has 8 nitrogen and oxygen atoms in total. The van der Waals surface area contributed by atoms with Crippen molar-refractivity contribution in [1.82, 2.24) is 0 Å². The van der Waals surface area contributed by atoms with Gasteiger partial charge >= 0.3 is 5.69 Å². The summed E-state index contributed by atoms with van der Waals surface area (Å²) in [6.45, 7) is 0. The van der Waals surface area contributed by atoms with Crippen LogP contribution >= 0.6 is 0 Å². The smallest absolute Gasteiger partial charge is 0.271 e. The average Bonchev–Trinajstić information content (AvgIpc) is 2.61. The van der Waals surface area contributed by atoms with Gasteiger partial charge in [-0.1, -0.05) is 36.4 Å². The number of non-ortho nitro benzene ring substituents is 1. The van der Waals surface area contributed by atoms with Crippen molar-refractivity contribution in [3.05, 3.63) is 86.0 Å². The van der Waals surface area contributed by atoms with Crippen molar-refractivity contribution in [2.75, 3.05) is 5.43 Å². The maximum atomic E-state index is 11.2. The molecule has 1 aliphatic rings. The maximum absolute atomic E-state index is 11.2. The first kappa shape index (κ1) is 15.7. The monoisotopic (exact) mass is 348 g/mol. The van der Waals surface area contributed by atoms with Gasteiger partial charge in [0, 0.05) is 18.1 Å². The highest BCUT2D eigenvalue weighted by atomic mass is 16.6. The Morgan fingerprint density at radius 1 is 0.962 bits per heavy atom. The second-order valence-corrected chi connectivity index (χ2v) is 5.88. The molecular weight excluding hydrogens is 336 g/mol. The van der Waals surface area contributed by atoms with Crippen LogP contribution in [0.4, 0.5) is 17.1 Å². The summed E-state index contributed by atoms with van der Waals surface area (Å²) >= 11 is 0. The molecule has 0 amide bonds. The van der Waals surface area contributed by atoms with Crippen molar-refractivity contribution in [2.45, 2.75) is 6.42 Å². The second kappa shape index (κ2) is 5.92. The topological polar surface area (TPSA) is 111 Å². The maximum Gasteiger partial charge on any atom is 0.301 e. The minimum absolute atomic E-state index is 0.113. The lowest BCUT2D eigenvalue weighted by Crippen LogP contribution is -2.21. The van der Waals surface area contributed by atoms with Crippen LogP contribution in [0, 0.1) is 20.2 Å². The Labute approximate surface area is 147 Å². The van der Waals surface area contributed by atoms with Crippen LogP contribution in [0.3, 0.4) is 0 Å². The third-order valence-corrected chi connectivity index (χ3v) is 4.40. The van der Waals surface area contributed by atoms with E-state index in [0.29, 0.717) is 6.42 Å². The molecule has 0 radical (unpaired) electrons. The molecule has 0 heterocycles. The third-order valence-electron chi connectivity index (χ3n) is 4.40. The molecule has 1 N–H and O–H groups in total. The van der Waals surface area contributed by atoms with E-state index in [2.05, 4.69) is 16.6 Å². The van der Waals surface area contributed by atoms with E-state index in [9.17, 15) is 20.2 Å². The normalized spacial score (nSPS) is 13.9. The molecule has 0 saturated heterocycles. The Morgan fingerprint density at radius 2 is 1.77 bits per heavy atom. The summed E-state index contributed by atoms with van der Waals surface area (Å²) < 4.78 is 0. The molecule has 0 fully saturated rings. The zero-order valence-electron chi connectivity index (χ0n) is 13.4. The lowest BCUT2D eigenvalue weighted by atomic mass is 9.82. The Morgan fingerprint density at radius 3 is 2.54 bits per heavy atom. The number of anilines is 1. The fourth-order valence-electron chi connectivity index (χ4n) is 3.06. The van der Waals surface area contributed by atoms with E-state index in [4.69, 9.17) is 0 Å². The van der Waals surface area contributed by atoms with Gasteiger partial charge in [0.2, 0.25) is 0 Å². The zero-order valence-corrected chi connectivity index (χ0v) is 13.4. The number of hydrogen-bond acceptors (Lipinski definition) is 6. The lowest BCUT2D eigenvalue weighted by Gasteiger charge is -2.23. The SMILES string of the molecule is O=[N+]([O-])c1ccc(NN=C2Cc3c2ccc2ccccc32)c([N+](=O)[O-])c1. The van der Waals surface area contributed by atoms with Crippen LogP contribution in [0.2, 0.25) is 0 Å². The van der Waals surface area contributed by atoms with E-state index in [1.54, 1.807) is 0 Å². The van der Waals surface area contributed by atoms with Gasteiger partial charge in [-0.25, -0.2) is 0 Å². The summed E-state index contributed by atoms with van der Waals surface area (Å²) in [5.74, 6) is 0. The summed E-state index contributed by atoms with van der Waals surface area (Å²) in [4.78, 5) is 20.6. The number of rotatable bonds is 4. The van der Waals surface area contributed by atoms with Gasteiger partial charge in [0.25, 0.3) is 5.69 Å². The summed E-state index contributed by atoms with van der Waals surface area (Å²) in [7, 11) is 0. The highest BCUT2D eigenvalue weighted by Gasteiger charge is 2.24. The molecule has 26 heavy (non-hydrogen) atoms. The van der Waals surface area contributed by atoms with Crippen molar-refractivity contribution < 1.29 is 9.85 Å². The van der Waals surface area contributed by atoms with Crippen LogP contribution in [-0.4, -0.2) is 15.6 Å². The summed E-state index contributed by atoms with van der Waals surface area (Å²) in [6.07, 6.45) is 0.657. The van der Waals surface area contributed by atoms with Gasteiger partial charge < -0.3 is 0 Å². The molecule has 0 atom stereocenters. The molecule has 3 aromatic rings. The first-order valence-corrected chi connectivity index (χ1v) is 7.81. The van der Waals surface area contributed by atoms with Crippen molar-refractivity contribution >= 4 is 33.5 Å². The zero-order chi connectivity index (χ0) is 18.3. The second-order valence-electron chi connectivity index (χ2n) is 5.88. The van der Waals surface area contributed by atoms with Crippen molar-refractivity contribution in [1.29, 1.82) is 0 Å². The summed E-state index contributed by atoms with van der Waals surface area (Å²) in [6, 6.07) is 15.5. The number of nitrogens with one attached hydrogen (secondary N) is 1.